The van der Waals surface area contributed by atoms with Gasteiger partial charge in [-0.2, -0.15) is 0 Å². The maximum Gasteiger partial charge on any atom is 0.229 e. The van der Waals surface area contributed by atoms with Crippen LogP contribution in [0.2, 0.25) is 0 Å². The molecule has 1 saturated heterocycles. The fraction of sp³-hybridized carbons (Fsp3) is 0.316. The maximum absolute atomic E-state index is 10.1. The number of aromatic nitrogens is 4. The smallest absolute Gasteiger partial charge is 0.229 e. The number of nitrogens with zero attached hydrogens (tertiary/aromatic N) is 3. The Kier molecular flexibility index (Phi) is 5.51. The van der Waals surface area contributed by atoms with Crippen LogP contribution < -0.4 is 4.74 Å². The Labute approximate surface area is 165 Å². The highest BCUT2D eigenvalue weighted by molar-refractivity contribution is 5.68. The molecule has 0 saturated carbocycles. The van der Waals surface area contributed by atoms with E-state index < -0.39 is 37.3 Å². The maximum atomic E-state index is 10.1. The Bertz CT molecular complexity index is 917. The van der Waals surface area contributed by atoms with Crippen LogP contribution in [0, 0.1) is 0 Å². The molecule has 0 unspecified atom stereocenters. The lowest BCUT2D eigenvalue weighted by Crippen LogP contribution is -2.60. The van der Waals surface area contributed by atoms with Gasteiger partial charge >= 0.3 is 0 Å². The summed E-state index contributed by atoms with van der Waals surface area (Å²) < 4.78 is 10.9. The van der Waals surface area contributed by atoms with Crippen molar-refractivity contribution in [2.45, 2.75) is 30.7 Å². The monoisotopic (exact) mass is 400 g/mol. The molecule has 0 aliphatic carbocycles. The Morgan fingerprint density at radius 3 is 2.07 bits per heavy atom. The topological polar surface area (TPSA) is 154 Å². The van der Waals surface area contributed by atoms with Gasteiger partial charge in [-0.3, -0.25) is 0 Å². The minimum atomic E-state index is -1.48. The summed E-state index contributed by atoms with van der Waals surface area (Å²) in [5.41, 5.74) is 2.77. The number of benzene rings is 2. The van der Waals surface area contributed by atoms with Gasteiger partial charge in [-0.05, 0) is 33.7 Å². The van der Waals surface area contributed by atoms with Crippen molar-refractivity contribution in [3.05, 3.63) is 48.5 Å². The molecular weight excluding hydrogens is 380 g/mol. The molecule has 29 heavy (non-hydrogen) atoms. The van der Waals surface area contributed by atoms with E-state index in [0.29, 0.717) is 11.6 Å². The molecule has 0 bridgehead atoms. The van der Waals surface area contributed by atoms with Crippen LogP contribution in [-0.2, 0) is 4.74 Å². The number of aliphatic hydroxyl groups excluding tert-OH is 4. The molecule has 0 spiro atoms. The summed E-state index contributed by atoms with van der Waals surface area (Å²) in [6.07, 6.45) is -6.59. The zero-order valence-electron chi connectivity index (χ0n) is 15.2. The molecular formula is C19H20N4O6. The van der Waals surface area contributed by atoms with E-state index in [1.54, 1.807) is 12.1 Å². The van der Waals surface area contributed by atoms with Gasteiger partial charge < -0.3 is 29.9 Å². The van der Waals surface area contributed by atoms with E-state index in [4.69, 9.17) is 9.47 Å². The number of aromatic amines is 1. The van der Waals surface area contributed by atoms with Gasteiger partial charge in [0, 0.05) is 5.56 Å². The van der Waals surface area contributed by atoms with E-state index in [1.165, 1.54) is 0 Å². The molecule has 152 valence electrons. The van der Waals surface area contributed by atoms with E-state index in [0.717, 1.165) is 16.7 Å². The Balaban J connectivity index is 1.45. The first kappa shape index (κ1) is 19.4. The number of H-pyrrole nitrogens is 1. The molecule has 10 heteroatoms. The van der Waals surface area contributed by atoms with Gasteiger partial charge in [0.25, 0.3) is 0 Å². The minimum absolute atomic E-state index is 0.405. The van der Waals surface area contributed by atoms with E-state index >= 15 is 0 Å². The summed E-state index contributed by atoms with van der Waals surface area (Å²) in [6, 6.07) is 14.7. The van der Waals surface area contributed by atoms with Gasteiger partial charge in [-0.15, -0.1) is 5.10 Å². The molecule has 2 heterocycles. The molecule has 1 fully saturated rings. The second kappa shape index (κ2) is 8.23. The number of rotatable bonds is 5. The summed E-state index contributed by atoms with van der Waals surface area (Å²) in [7, 11) is 0. The Morgan fingerprint density at radius 2 is 1.48 bits per heavy atom. The predicted octanol–water partition coefficient (Wildman–Crippen LogP) is -0.288. The summed E-state index contributed by atoms with van der Waals surface area (Å²) >= 11 is 0. The van der Waals surface area contributed by atoms with Crippen molar-refractivity contribution in [2.75, 3.05) is 6.61 Å². The van der Waals surface area contributed by atoms with Crippen molar-refractivity contribution in [3.8, 4) is 28.3 Å². The highest BCUT2D eigenvalue weighted by Crippen LogP contribution is 2.27. The SMILES string of the molecule is OC[C@H]1O[C@@H](Oc2ccc(-c3ccc(-c4nnn[nH]4)cc3)cc2)[C@@H](O)[C@@H](O)[C@@H]1O. The van der Waals surface area contributed by atoms with Crippen LogP contribution in [0.3, 0.4) is 0 Å². The van der Waals surface area contributed by atoms with Gasteiger partial charge in [0.2, 0.25) is 6.29 Å². The molecule has 2 aromatic carbocycles. The van der Waals surface area contributed by atoms with Gasteiger partial charge in [-0.25, -0.2) is 5.10 Å². The molecule has 1 aliphatic rings. The van der Waals surface area contributed by atoms with E-state index in [2.05, 4.69) is 20.6 Å². The molecule has 1 aromatic heterocycles. The molecule has 5 N–H and O–H groups in total. The van der Waals surface area contributed by atoms with Crippen molar-refractivity contribution in [1.82, 2.24) is 20.6 Å². The highest BCUT2D eigenvalue weighted by Gasteiger charge is 2.44. The molecule has 5 atom stereocenters. The van der Waals surface area contributed by atoms with Crippen molar-refractivity contribution in [1.29, 1.82) is 0 Å². The average Bonchev–Trinajstić information content (AvgIpc) is 3.30. The average molecular weight is 400 g/mol. The first-order chi connectivity index (χ1) is 14.1. The van der Waals surface area contributed by atoms with Gasteiger partial charge in [0.1, 0.15) is 30.2 Å². The fourth-order valence-corrected chi connectivity index (χ4v) is 3.13. The minimum Gasteiger partial charge on any atom is -0.462 e. The molecule has 0 radical (unpaired) electrons. The number of ether oxygens (including phenoxy) is 2. The number of tetrazole rings is 1. The molecule has 0 amide bonds. The van der Waals surface area contributed by atoms with Gasteiger partial charge in [0.05, 0.1) is 6.61 Å². The van der Waals surface area contributed by atoms with Gasteiger partial charge in [-0.1, -0.05) is 36.4 Å². The quantitative estimate of drug-likeness (QED) is 0.389. The Morgan fingerprint density at radius 1 is 0.862 bits per heavy atom. The zero-order valence-corrected chi connectivity index (χ0v) is 15.2. The molecule has 3 aromatic rings. The molecule has 4 rings (SSSR count). The van der Waals surface area contributed by atoms with E-state index in [9.17, 15) is 20.4 Å². The second-order valence-electron chi connectivity index (χ2n) is 6.67. The Hall–Kier alpha value is -2.89. The first-order valence-electron chi connectivity index (χ1n) is 8.98. The van der Waals surface area contributed by atoms with Crippen molar-refractivity contribution < 1.29 is 29.9 Å². The predicted molar refractivity (Wildman–Crippen MR) is 99.4 cm³/mol. The third kappa shape index (κ3) is 3.97. The second-order valence-corrected chi connectivity index (χ2v) is 6.67. The summed E-state index contributed by atoms with van der Waals surface area (Å²) in [6.45, 7) is -0.510. The highest BCUT2D eigenvalue weighted by atomic mass is 16.7. The van der Waals surface area contributed by atoms with Crippen LogP contribution in [0.1, 0.15) is 0 Å². The molecule has 1 aliphatic heterocycles. The standard InChI is InChI=1S/C19H20N4O6/c24-9-14-15(25)16(26)17(27)19(29-14)28-13-7-5-11(6-8-13)10-1-3-12(4-2-10)18-20-22-23-21-18/h1-8,14-17,19,24-27H,9H2,(H,20,21,22,23)/t14-,15-,16+,17+,19-/m1/s1. The van der Waals surface area contributed by atoms with Crippen molar-refractivity contribution in [3.63, 3.8) is 0 Å². The lowest BCUT2D eigenvalue weighted by molar-refractivity contribution is -0.277. The number of nitrogens with one attached hydrogen (secondary N) is 1. The summed E-state index contributed by atoms with van der Waals surface area (Å²) in [5, 5.41) is 52.7. The summed E-state index contributed by atoms with van der Waals surface area (Å²) in [5.74, 6) is 0.988. The lowest BCUT2D eigenvalue weighted by atomic mass is 9.99. The number of hydrogen-bond donors (Lipinski definition) is 5. The van der Waals surface area contributed by atoms with Crippen LogP contribution >= 0.6 is 0 Å². The molecule has 10 nitrogen and oxygen atoms in total. The summed E-state index contributed by atoms with van der Waals surface area (Å²) in [4.78, 5) is 0. The largest absolute Gasteiger partial charge is 0.462 e. The van der Waals surface area contributed by atoms with Crippen LogP contribution in [0.5, 0.6) is 5.75 Å². The normalized spacial score (nSPS) is 27.0. The third-order valence-electron chi connectivity index (χ3n) is 4.79. The van der Waals surface area contributed by atoms with Crippen molar-refractivity contribution >= 4 is 0 Å². The number of aliphatic hydroxyl groups is 4. The van der Waals surface area contributed by atoms with E-state index in [1.807, 2.05) is 36.4 Å². The third-order valence-corrected chi connectivity index (χ3v) is 4.79. The van der Waals surface area contributed by atoms with Crippen LogP contribution in [0.15, 0.2) is 48.5 Å². The van der Waals surface area contributed by atoms with Crippen LogP contribution in [-0.4, -0.2) is 78.4 Å². The van der Waals surface area contributed by atoms with Crippen molar-refractivity contribution in [2.24, 2.45) is 0 Å². The fourth-order valence-electron chi connectivity index (χ4n) is 3.13. The lowest BCUT2D eigenvalue weighted by Gasteiger charge is -2.39. The number of hydrogen-bond acceptors (Lipinski definition) is 9. The van der Waals surface area contributed by atoms with E-state index in [-0.39, 0.29) is 0 Å². The first-order valence-corrected chi connectivity index (χ1v) is 8.98. The van der Waals surface area contributed by atoms with Crippen LogP contribution in [0.4, 0.5) is 0 Å². The zero-order chi connectivity index (χ0) is 20.4. The van der Waals surface area contributed by atoms with Crippen LogP contribution in [0.25, 0.3) is 22.5 Å². The van der Waals surface area contributed by atoms with Gasteiger partial charge in [0.15, 0.2) is 5.82 Å².